The lowest BCUT2D eigenvalue weighted by Gasteiger charge is -2.07. The van der Waals surface area contributed by atoms with Gasteiger partial charge in [0.25, 0.3) is 5.91 Å². The van der Waals surface area contributed by atoms with Crippen molar-refractivity contribution in [3.8, 4) is 0 Å². The first-order valence-corrected chi connectivity index (χ1v) is 6.14. The Hall–Kier alpha value is -1.59. The van der Waals surface area contributed by atoms with Gasteiger partial charge < -0.3 is 11.1 Å². The van der Waals surface area contributed by atoms with Gasteiger partial charge in [0.05, 0.1) is 28.3 Å². The van der Waals surface area contributed by atoms with Crippen molar-refractivity contribution >= 4 is 34.5 Å². The number of nitrogens with one attached hydrogen (secondary N) is 1. The summed E-state index contributed by atoms with van der Waals surface area (Å²) in [5.74, 6) is -0.238. The van der Waals surface area contributed by atoms with E-state index < -0.39 is 0 Å². The summed E-state index contributed by atoms with van der Waals surface area (Å²) in [6.45, 7) is 0.440. The van der Waals surface area contributed by atoms with Crippen molar-refractivity contribution in [2.24, 2.45) is 0 Å². The third-order valence-electron chi connectivity index (χ3n) is 2.20. The number of nitrogens with zero attached hydrogens (tertiary/aromatic N) is 1. The molecule has 4 nitrogen and oxygen atoms in total. The Morgan fingerprint density at radius 3 is 3.06 bits per heavy atom. The van der Waals surface area contributed by atoms with Crippen LogP contribution in [0.25, 0.3) is 0 Å². The number of aromatic nitrogens is 1. The summed E-state index contributed by atoms with van der Waals surface area (Å²) in [5, 5.41) is 3.15. The zero-order valence-electron chi connectivity index (χ0n) is 8.81. The quantitative estimate of drug-likeness (QED) is 0.839. The van der Waals surface area contributed by atoms with E-state index in [1.54, 1.807) is 29.9 Å². The third-order valence-corrected chi connectivity index (χ3v) is 3.31. The van der Waals surface area contributed by atoms with Crippen LogP contribution in [-0.2, 0) is 6.54 Å². The maximum absolute atomic E-state index is 11.8. The third kappa shape index (κ3) is 2.75. The number of para-hydroxylation sites is 1. The van der Waals surface area contributed by atoms with Gasteiger partial charge in [-0.3, -0.25) is 9.78 Å². The predicted octanol–water partition coefficient (Wildman–Crippen LogP) is 2.31. The molecule has 0 saturated heterocycles. The molecular formula is C11H10ClN3OS. The van der Waals surface area contributed by atoms with Crippen molar-refractivity contribution in [1.82, 2.24) is 10.3 Å². The van der Waals surface area contributed by atoms with Crippen LogP contribution in [0.4, 0.5) is 5.69 Å². The summed E-state index contributed by atoms with van der Waals surface area (Å²) in [6, 6.07) is 4.99. The fourth-order valence-electron chi connectivity index (χ4n) is 1.33. The topological polar surface area (TPSA) is 68.0 Å². The standard InChI is InChI=1S/C11H10ClN3OS/c12-9-3-1-2-8(10(9)13)11(16)15-5-7-4-14-6-17-7/h1-4,6H,5,13H2,(H,15,16). The highest BCUT2D eigenvalue weighted by atomic mass is 35.5. The van der Waals surface area contributed by atoms with E-state index in [4.69, 9.17) is 17.3 Å². The fraction of sp³-hybridized carbons (Fsp3) is 0.0909. The number of nitrogens with two attached hydrogens (primary N) is 1. The van der Waals surface area contributed by atoms with E-state index in [0.29, 0.717) is 22.8 Å². The minimum absolute atomic E-state index is 0.238. The number of amides is 1. The normalized spacial score (nSPS) is 10.2. The van der Waals surface area contributed by atoms with E-state index in [1.165, 1.54) is 11.3 Å². The Morgan fingerprint density at radius 2 is 2.35 bits per heavy atom. The number of benzene rings is 1. The number of halogens is 1. The van der Waals surface area contributed by atoms with Gasteiger partial charge in [0.15, 0.2) is 0 Å². The van der Waals surface area contributed by atoms with Crippen LogP contribution in [0.5, 0.6) is 0 Å². The van der Waals surface area contributed by atoms with Gasteiger partial charge in [0, 0.05) is 11.1 Å². The molecule has 1 amide bonds. The molecule has 2 aromatic rings. The molecule has 0 aliphatic carbocycles. The second-order valence-corrected chi connectivity index (χ2v) is 4.73. The molecule has 17 heavy (non-hydrogen) atoms. The van der Waals surface area contributed by atoms with Crippen molar-refractivity contribution < 1.29 is 4.79 Å². The summed E-state index contributed by atoms with van der Waals surface area (Å²) in [7, 11) is 0. The van der Waals surface area contributed by atoms with E-state index in [2.05, 4.69) is 10.3 Å². The lowest BCUT2D eigenvalue weighted by molar-refractivity contribution is 0.0952. The average Bonchev–Trinajstić information content (AvgIpc) is 2.82. The van der Waals surface area contributed by atoms with Gasteiger partial charge in [0.1, 0.15) is 0 Å². The van der Waals surface area contributed by atoms with Crippen LogP contribution in [0.1, 0.15) is 15.2 Å². The Kier molecular flexibility index (Phi) is 3.61. The number of hydrogen-bond donors (Lipinski definition) is 2. The molecule has 1 heterocycles. The first kappa shape index (κ1) is 11.9. The molecule has 0 bridgehead atoms. The van der Waals surface area contributed by atoms with Gasteiger partial charge in [-0.1, -0.05) is 17.7 Å². The molecule has 2 rings (SSSR count). The van der Waals surface area contributed by atoms with E-state index in [-0.39, 0.29) is 5.91 Å². The van der Waals surface area contributed by atoms with Crippen LogP contribution in [0.3, 0.4) is 0 Å². The molecule has 0 unspecified atom stereocenters. The van der Waals surface area contributed by atoms with Gasteiger partial charge >= 0.3 is 0 Å². The monoisotopic (exact) mass is 267 g/mol. The number of anilines is 1. The fourth-order valence-corrected chi connectivity index (χ4v) is 2.04. The molecule has 1 aromatic carbocycles. The number of nitrogen functional groups attached to an aromatic ring is 1. The molecular weight excluding hydrogens is 258 g/mol. The molecule has 0 fully saturated rings. The summed E-state index contributed by atoms with van der Waals surface area (Å²) in [5.41, 5.74) is 8.14. The molecule has 0 atom stereocenters. The first-order chi connectivity index (χ1) is 8.18. The largest absolute Gasteiger partial charge is 0.397 e. The molecule has 0 saturated carbocycles. The molecule has 88 valence electrons. The van der Waals surface area contributed by atoms with E-state index >= 15 is 0 Å². The summed E-state index contributed by atoms with van der Waals surface area (Å²) in [6.07, 6.45) is 1.71. The number of carbonyl (C=O) groups excluding carboxylic acids is 1. The average molecular weight is 268 g/mol. The lowest BCUT2D eigenvalue weighted by atomic mass is 10.1. The Balaban J connectivity index is 2.07. The minimum Gasteiger partial charge on any atom is -0.397 e. The highest BCUT2D eigenvalue weighted by Gasteiger charge is 2.11. The highest BCUT2D eigenvalue weighted by Crippen LogP contribution is 2.22. The van der Waals surface area contributed by atoms with E-state index in [1.807, 2.05) is 0 Å². The summed E-state index contributed by atoms with van der Waals surface area (Å²) < 4.78 is 0. The highest BCUT2D eigenvalue weighted by molar-refractivity contribution is 7.09. The van der Waals surface area contributed by atoms with Gasteiger partial charge in [-0.2, -0.15) is 0 Å². The first-order valence-electron chi connectivity index (χ1n) is 4.88. The second kappa shape index (κ2) is 5.16. The summed E-state index contributed by atoms with van der Waals surface area (Å²) in [4.78, 5) is 16.8. The molecule has 3 N–H and O–H groups in total. The molecule has 0 aliphatic rings. The predicted molar refractivity (Wildman–Crippen MR) is 69.1 cm³/mol. The minimum atomic E-state index is -0.238. The van der Waals surface area contributed by atoms with Crippen molar-refractivity contribution in [1.29, 1.82) is 0 Å². The zero-order valence-corrected chi connectivity index (χ0v) is 10.4. The molecule has 0 spiro atoms. The summed E-state index contributed by atoms with van der Waals surface area (Å²) >= 11 is 7.33. The van der Waals surface area contributed by atoms with Gasteiger partial charge in [-0.15, -0.1) is 11.3 Å². The molecule has 0 aliphatic heterocycles. The van der Waals surface area contributed by atoms with Crippen molar-refractivity contribution in [3.63, 3.8) is 0 Å². The molecule has 1 aromatic heterocycles. The molecule has 6 heteroatoms. The van der Waals surface area contributed by atoms with Crippen LogP contribution >= 0.6 is 22.9 Å². The molecule has 0 radical (unpaired) electrons. The van der Waals surface area contributed by atoms with Crippen molar-refractivity contribution in [2.75, 3.05) is 5.73 Å². The number of thiazole rings is 1. The van der Waals surface area contributed by atoms with Gasteiger partial charge in [0.2, 0.25) is 0 Å². The number of carbonyl (C=O) groups is 1. The maximum Gasteiger partial charge on any atom is 0.253 e. The van der Waals surface area contributed by atoms with Crippen molar-refractivity contribution in [2.45, 2.75) is 6.54 Å². The second-order valence-electron chi connectivity index (χ2n) is 3.35. The van der Waals surface area contributed by atoms with Crippen LogP contribution in [0.2, 0.25) is 5.02 Å². The number of rotatable bonds is 3. The van der Waals surface area contributed by atoms with Crippen molar-refractivity contribution in [3.05, 3.63) is 45.4 Å². The van der Waals surface area contributed by atoms with Gasteiger partial charge in [-0.05, 0) is 12.1 Å². The Morgan fingerprint density at radius 1 is 1.53 bits per heavy atom. The maximum atomic E-state index is 11.8. The smallest absolute Gasteiger partial charge is 0.253 e. The van der Waals surface area contributed by atoms with Crippen LogP contribution < -0.4 is 11.1 Å². The van der Waals surface area contributed by atoms with E-state index in [0.717, 1.165) is 4.88 Å². The van der Waals surface area contributed by atoms with Crippen LogP contribution in [0, 0.1) is 0 Å². The lowest BCUT2D eigenvalue weighted by Crippen LogP contribution is -2.23. The Bertz CT molecular complexity index is 528. The van der Waals surface area contributed by atoms with Crippen LogP contribution in [0.15, 0.2) is 29.9 Å². The van der Waals surface area contributed by atoms with E-state index in [9.17, 15) is 4.79 Å². The van der Waals surface area contributed by atoms with Gasteiger partial charge in [-0.25, -0.2) is 0 Å². The Labute approximate surface area is 107 Å². The number of hydrogen-bond acceptors (Lipinski definition) is 4. The SMILES string of the molecule is Nc1c(Cl)cccc1C(=O)NCc1cncs1. The zero-order chi connectivity index (χ0) is 12.3. The van der Waals surface area contributed by atoms with Crippen LogP contribution in [-0.4, -0.2) is 10.9 Å².